The van der Waals surface area contributed by atoms with Crippen LogP contribution in [0.15, 0.2) is 84.9 Å². The number of Topliss-reactive ketones (excluding diaryl/α,β-unsaturated/α-hetero) is 1. The van der Waals surface area contributed by atoms with Crippen LogP contribution in [0.2, 0.25) is 0 Å². The number of rotatable bonds is 12. The maximum atomic E-state index is 13.0. The maximum absolute atomic E-state index is 13.0. The molecule has 0 aromatic heterocycles. The molecule has 0 unspecified atom stereocenters. The van der Waals surface area contributed by atoms with Gasteiger partial charge in [0.25, 0.3) is 11.8 Å². The van der Waals surface area contributed by atoms with E-state index in [2.05, 4.69) is 5.32 Å². The number of primary sulfonamides is 1. The molecule has 0 saturated carbocycles. The number of hydrogen-bond donors (Lipinski definition) is 2. The number of nitrogens with one attached hydrogen (secondary N) is 1. The van der Waals surface area contributed by atoms with Crippen LogP contribution in [0.3, 0.4) is 0 Å². The lowest BCUT2D eigenvalue weighted by molar-refractivity contribution is -0.118. The molecule has 0 aliphatic carbocycles. The van der Waals surface area contributed by atoms with Gasteiger partial charge in [-0.15, -0.1) is 0 Å². The zero-order valence-electron chi connectivity index (χ0n) is 22.5. The maximum Gasteiger partial charge on any atom is 0.261 e. The Balaban J connectivity index is 1.11. The molecule has 0 bridgehead atoms. The van der Waals surface area contributed by atoms with Gasteiger partial charge >= 0.3 is 0 Å². The van der Waals surface area contributed by atoms with E-state index < -0.39 is 10.0 Å². The van der Waals surface area contributed by atoms with Crippen molar-refractivity contribution < 1.29 is 22.8 Å². The van der Waals surface area contributed by atoms with Gasteiger partial charge in [-0.2, -0.15) is 0 Å². The Kier molecular flexibility index (Phi) is 8.28. The van der Waals surface area contributed by atoms with Gasteiger partial charge in [0, 0.05) is 48.1 Å². The van der Waals surface area contributed by atoms with E-state index in [4.69, 9.17) is 5.14 Å². The molecule has 9 heteroatoms. The van der Waals surface area contributed by atoms with Gasteiger partial charge in [0.2, 0.25) is 10.0 Å². The first kappa shape index (κ1) is 28.2. The van der Waals surface area contributed by atoms with E-state index >= 15 is 0 Å². The molecule has 0 spiro atoms. The highest BCUT2D eigenvalue weighted by Gasteiger charge is 2.32. The van der Waals surface area contributed by atoms with Crippen molar-refractivity contribution in [3.8, 4) is 11.1 Å². The molecule has 5 rings (SSSR count). The molecule has 0 radical (unpaired) electrons. The fourth-order valence-electron chi connectivity index (χ4n) is 5.14. The van der Waals surface area contributed by atoms with E-state index in [0.29, 0.717) is 30.6 Å². The lowest BCUT2D eigenvalue weighted by atomic mass is 9.94. The summed E-state index contributed by atoms with van der Waals surface area (Å²) < 4.78 is 22.0. The van der Waals surface area contributed by atoms with Crippen LogP contribution < -0.4 is 10.5 Å². The summed E-state index contributed by atoms with van der Waals surface area (Å²) in [6, 6.07) is 26.8. The molecular formula is C32H31N3O5S. The van der Waals surface area contributed by atoms with Crippen LogP contribution in [0.1, 0.15) is 45.5 Å². The van der Waals surface area contributed by atoms with E-state index in [1.807, 2.05) is 72.8 Å². The first-order valence-corrected chi connectivity index (χ1v) is 15.2. The Morgan fingerprint density at radius 3 is 1.95 bits per heavy atom. The number of anilines is 1. The van der Waals surface area contributed by atoms with Crippen LogP contribution in [0.4, 0.5) is 5.69 Å². The lowest BCUT2D eigenvalue weighted by Gasteiger charge is -2.27. The second-order valence-electron chi connectivity index (χ2n) is 10.2. The fourth-order valence-corrected chi connectivity index (χ4v) is 5.68. The molecule has 0 atom stereocenters. The van der Waals surface area contributed by atoms with Crippen LogP contribution in [0.5, 0.6) is 0 Å². The average molecular weight is 570 g/mol. The molecule has 4 aromatic carbocycles. The molecule has 4 aromatic rings. The van der Waals surface area contributed by atoms with E-state index in [1.54, 1.807) is 12.1 Å². The number of imide groups is 1. The van der Waals surface area contributed by atoms with Crippen LogP contribution in [-0.4, -0.2) is 49.8 Å². The van der Waals surface area contributed by atoms with Gasteiger partial charge in [-0.1, -0.05) is 60.7 Å². The summed E-state index contributed by atoms with van der Waals surface area (Å²) in [5, 5.41) is 9.97. The number of nitrogens with zero attached hydrogens (tertiary/aromatic N) is 1. The van der Waals surface area contributed by atoms with Crippen molar-refractivity contribution in [2.45, 2.75) is 25.7 Å². The van der Waals surface area contributed by atoms with Crippen molar-refractivity contribution in [2.75, 3.05) is 24.2 Å². The quantitative estimate of drug-likeness (QED) is 0.187. The SMILES string of the molecule is NS(=O)(=O)CCCC(=O)Cc1ccc(-c2ccc(NCCCN3C(=O)c4cccc5cccc(c45)C3=O)cc2)cc1. The molecule has 8 nitrogen and oxygen atoms in total. The van der Waals surface area contributed by atoms with Crippen LogP contribution in [0, 0.1) is 0 Å². The number of ketones is 1. The normalized spacial score (nSPS) is 13.0. The predicted octanol–water partition coefficient (Wildman–Crippen LogP) is 4.79. The number of carbonyl (C=O) groups excluding carboxylic acids is 3. The zero-order valence-corrected chi connectivity index (χ0v) is 23.3. The third-order valence-corrected chi connectivity index (χ3v) is 8.06. The van der Waals surface area contributed by atoms with Crippen LogP contribution in [0.25, 0.3) is 21.9 Å². The Hall–Kier alpha value is -4.34. The highest BCUT2D eigenvalue weighted by Crippen LogP contribution is 2.30. The molecule has 2 amide bonds. The first-order chi connectivity index (χ1) is 19.7. The van der Waals surface area contributed by atoms with E-state index in [-0.39, 0.29) is 42.6 Å². The molecule has 3 N–H and O–H groups in total. The van der Waals surface area contributed by atoms with Crippen molar-refractivity contribution in [1.82, 2.24) is 4.90 Å². The van der Waals surface area contributed by atoms with Gasteiger partial charge in [-0.25, -0.2) is 13.6 Å². The summed E-state index contributed by atoms with van der Waals surface area (Å²) in [7, 11) is -3.55. The van der Waals surface area contributed by atoms with Crippen molar-refractivity contribution in [2.24, 2.45) is 5.14 Å². The summed E-state index contributed by atoms with van der Waals surface area (Å²) in [5.41, 5.74) is 4.99. The highest BCUT2D eigenvalue weighted by atomic mass is 32.2. The van der Waals surface area contributed by atoms with Gasteiger partial charge in [0.05, 0.1) is 5.75 Å². The summed E-state index contributed by atoms with van der Waals surface area (Å²) in [4.78, 5) is 39.6. The van der Waals surface area contributed by atoms with Crippen molar-refractivity contribution >= 4 is 44.1 Å². The average Bonchev–Trinajstić information content (AvgIpc) is 2.95. The first-order valence-electron chi connectivity index (χ1n) is 13.5. The largest absolute Gasteiger partial charge is 0.385 e. The Bertz CT molecular complexity index is 1660. The zero-order chi connectivity index (χ0) is 29.0. The van der Waals surface area contributed by atoms with Gasteiger partial charge < -0.3 is 5.32 Å². The second-order valence-corrected chi connectivity index (χ2v) is 11.9. The molecule has 0 saturated heterocycles. The standard InChI is InChI=1S/C32H31N3O5S/c33-41(39,40)20-3-7-27(36)21-22-10-12-23(13-11-22)24-14-16-26(17-15-24)34-18-4-19-35-31(37)28-8-1-5-25-6-2-9-29(30(25)28)32(35)38/h1-2,5-6,8-17,34H,3-4,7,18-21H2,(H2,33,39,40). The topological polar surface area (TPSA) is 127 Å². The van der Waals surface area contributed by atoms with E-state index in [1.165, 1.54) is 4.90 Å². The lowest BCUT2D eigenvalue weighted by Crippen LogP contribution is -2.41. The number of sulfonamides is 1. The fraction of sp³-hybridized carbons (Fsp3) is 0.219. The Morgan fingerprint density at radius 1 is 0.780 bits per heavy atom. The van der Waals surface area contributed by atoms with Gasteiger partial charge in [0.15, 0.2) is 0 Å². The molecule has 1 aliphatic rings. The molecule has 1 heterocycles. The third kappa shape index (κ3) is 6.70. The monoisotopic (exact) mass is 569 g/mol. The summed E-state index contributed by atoms with van der Waals surface area (Å²) in [6.07, 6.45) is 1.28. The Labute approximate surface area is 239 Å². The van der Waals surface area contributed by atoms with Gasteiger partial charge in [-0.05, 0) is 59.2 Å². The third-order valence-electron chi connectivity index (χ3n) is 7.20. The van der Waals surface area contributed by atoms with Gasteiger partial charge in [-0.3, -0.25) is 19.3 Å². The number of amides is 2. The smallest absolute Gasteiger partial charge is 0.261 e. The van der Waals surface area contributed by atoms with Crippen molar-refractivity contribution in [3.05, 3.63) is 102 Å². The minimum absolute atomic E-state index is 0.0203. The Morgan fingerprint density at radius 2 is 1.37 bits per heavy atom. The number of nitrogens with two attached hydrogens (primary N) is 1. The number of hydrogen-bond acceptors (Lipinski definition) is 6. The molecule has 0 fully saturated rings. The van der Waals surface area contributed by atoms with Crippen LogP contribution >= 0.6 is 0 Å². The number of carbonyl (C=O) groups is 3. The van der Waals surface area contributed by atoms with Gasteiger partial charge in [0.1, 0.15) is 5.78 Å². The summed E-state index contributed by atoms with van der Waals surface area (Å²) in [5.74, 6) is -0.706. The molecule has 1 aliphatic heterocycles. The van der Waals surface area contributed by atoms with E-state index in [0.717, 1.165) is 33.2 Å². The van der Waals surface area contributed by atoms with Crippen LogP contribution in [-0.2, 0) is 21.2 Å². The molecular weight excluding hydrogens is 538 g/mol. The number of benzene rings is 4. The molecule has 210 valence electrons. The summed E-state index contributed by atoms with van der Waals surface area (Å²) >= 11 is 0. The van der Waals surface area contributed by atoms with Crippen molar-refractivity contribution in [3.63, 3.8) is 0 Å². The minimum atomic E-state index is -3.55. The highest BCUT2D eigenvalue weighted by molar-refractivity contribution is 7.89. The van der Waals surface area contributed by atoms with Crippen molar-refractivity contribution in [1.29, 1.82) is 0 Å². The predicted molar refractivity (Wildman–Crippen MR) is 160 cm³/mol. The minimum Gasteiger partial charge on any atom is -0.385 e. The summed E-state index contributed by atoms with van der Waals surface area (Å²) in [6.45, 7) is 0.927. The second kappa shape index (κ2) is 12.0. The van der Waals surface area contributed by atoms with E-state index in [9.17, 15) is 22.8 Å². The molecule has 41 heavy (non-hydrogen) atoms.